The van der Waals surface area contributed by atoms with E-state index in [0.29, 0.717) is 16.7 Å². The van der Waals surface area contributed by atoms with Gasteiger partial charge in [0.2, 0.25) is 0 Å². The first-order valence-corrected chi connectivity index (χ1v) is 9.12. The van der Waals surface area contributed by atoms with Crippen LogP contribution in [0.4, 0.5) is 30.7 Å². The van der Waals surface area contributed by atoms with Crippen molar-refractivity contribution in [3.63, 3.8) is 0 Å². The summed E-state index contributed by atoms with van der Waals surface area (Å²) in [6.07, 6.45) is -13.3. The van der Waals surface area contributed by atoms with Crippen molar-refractivity contribution in [3.8, 4) is 11.4 Å². The summed E-state index contributed by atoms with van der Waals surface area (Å²) >= 11 is 0.777. The number of hydrogen-bond donors (Lipinski definition) is 1. The molecule has 0 saturated heterocycles. The van der Waals surface area contributed by atoms with Gasteiger partial charge in [-0.25, -0.2) is 13.8 Å². The summed E-state index contributed by atoms with van der Waals surface area (Å²) in [6.45, 7) is 0.161. The van der Waals surface area contributed by atoms with Crippen molar-refractivity contribution in [2.45, 2.75) is 32.1 Å². The van der Waals surface area contributed by atoms with Crippen LogP contribution in [0.3, 0.4) is 0 Å². The molecule has 0 radical (unpaired) electrons. The Hall–Kier alpha value is -2.87. The highest BCUT2D eigenvalue weighted by molar-refractivity contribution is 7.17. The fraction of sp³-hybridized carbons (Fsp3) is 0.294. The number of nitrogens with zero attached hydrogens (tertiary/aromatic N) is 2. The van der Waals surface area contributed by atoms with Gasteiger partial charge in [0.15, 0.2) is 17.7 Å². The second kappa shape index (κ2) is 7.67. The van der Waals surface area contributed by atoms with Crippen LogP contribution >= 0.6 is 11.3 Å². The quantitative estimate of drug-likeness (QED) is 0.591. The molecule has 1 atom stereocenters. The van der Waals surface area contributed by atoms with Gasteiger partial charge in [-0.15, -0.1) is 24.5 Å². The average molecular weight is 472 g/mol. The highest BCUT2D eigenvalue weighted by Crippen LogP contribution is 2.28. The summed E-state index contributed by atoms with van der Waals surface area (Å²) in [7, 11) is 0. The van der Waals surface area contributed by atoms with Gasteiger partial charge in [-0.3, -0.25) is 9.36 Å². The van der Waals surface area contributed by atoms with Crippen molar-refractivity contribution in [2.24, 2.45) is 0 Å². The Morgan fingerprint density at radius 1 is 1.16 bits per heavy atom. The van der Waals surface area contributed by atoms with Gasteiger partial charge in [0.25, 0.3) is 5.56 Å². The Morgan fingerprint density at radius 3 is 2.39 bits per heavy atom. The standard InChI is InChI=1S/C17H11F7N2O4S/c1-7-6-31-14-12(7)13(28)26(15(29)25(14)5-11(27)16(19,20)21)8-2-3-9(18)10(4-8)30-17(22,23)24/h2-4,6,11,27H,5H2,1H3. The van der Waals surface area contributed by atoms with E-state index in [4.69, 9.17) is 0 Å². The third kappa shape index (κ3) is 4.44. The van der Waals surface area contributed by atoms with Crippen molar-refractivity contribution in [3.05, 3.63) is 55.8 Å². The number of alkyl halides is 6. The van der Waals surface area contributed by atoms with E-state index in [1.807, 2.05) is 0 Å². The Morgan fingerprint density at radius 2 is 1.81 bits per heavy atom. The Kier molecular flexibility index (Phi) is 5.65. The molecular formula is C17H11F7N2O4S. The first kappa shape index (κ1) is 22.8. The molecule has 14 heteroatoms. The molecule has 0 fully saturated rings. The van der Waals surface area contributed by atoms with E-state index in [1.165, 1.54) is 12.3 Å². The Labute approximate surface area is 171 Å². The molecule has 0 aliphatic heterocycles. The lowest BCUT2D eigenvalue weighted by Crippen LogP contribution is -2.43. The molecule has 3 rings (SSSR count). The van der Waals surface area contributed by atoms with Crippen LogP contribution in [0.25, 0.3) is 15.9 Å². The third-order valence-corrected chi connectivity index (χ3v) is 5.29. The largest absolute Gasteiger partial charge is 0.573 e. The average Bonchev–Trinajstić information content (AvgIpc) is 3.01. The molecule has 0 aliphatic carbocycles. The second-order valence-corrected chi connectivity index (χ2v) is 7.21. The minimum Gasteiger partial charge on any atom is -0.403 e. The summed E-state index contributed by atoms with van der Waals surface area (Å²) in [4.78, 5) is 25.6. The first-order valence-electron chi connectivity index (χ1n) is 8.25. The van der Waals surface area contributed by atoms with Gasteiger partial charge < -0.3 is 9.84 Å². The molecule has 0 aliphatic rings. The number of aliphatic hydroxyl groups is 1. The molecule has 0 spiro atoms. The maximum absolute atomic E-state index is 13.7. The van der Waals surface area contributed by atoms with E-state index in [-0.39, 0.29) is 20.3 Å². The number of aromatic nitrogens is 2. The number of ether oxygens (including phenoxy) is 1. The van der Waals surface area contributed by atoms with E-state index in [0.717, 1.165) is 17.4 Å². The van der Waals surface area contributed by atoms with E-state index in [2.05, 4.69) is 4.74 Å². The lowest BCUT2D eigenvalue weighted by molar-refractivity contribution is -0.275. The fourth-order valence-corrected chi connectivity index (χ4v) is 3.85. The molecule has 1 unspecified atom stereocenters. The molecule has 2 heterocycles. The van der Waals surface area contributed by atoms with Crippen LogP contribution in [0, 0.1) is 12.7 Å². The van der Waals surface area contributed by atoms with Gasteiger partial charge in [-0.05, 0) is 30.0 Å². The molecule has 2 aromatic heterocycles. The monoisotopic (exact) mass is 472 g/mol. The predicted molar refractivity (Wildman–Crippen MR) is 95.1 cm³/mol. The highest BCUT2D eigenvalue weighted by atomic mass is 32.1. The van der Waals surface area contributed by atoms with Crippen LogP contribution in [0.15, 0.2) is 33.2 Å². The minimum absolute atomic E-state index is 0.166. The first-order chi connectivity index (χ1) is 14.2. The highest BCUT2D eigenvalue weighted by Gasteiger charge is 2.39. The molecule has 3 aromatic rings. The van der Waals surface area contributed by atoms with Gasteiger partial charge in [0.1, 0.15) is 4.83 Å². The zero-order chi connectivity index (χ0) is 23.3. The number of hydrogen-bond acceptors (Lipinski definition) is 5. The molecule has 168 valence electrons. The van der Waals surface area contributed by atoms with Gasteiger partial charge >= 0.3 is 18.2 Å². The van der Waals surface area contributed by atoms with Crippen molar-refractivity contribution < 1.29 is 40.6 Å². The van der Waals surface area contributed by atoms with Crippen LogP contribution in [-0.4, -0.2) is 32.9 Å². The van der Waals surface area contributed by atoms with Crippen molar-refractivity contribution in [1.29, 1.82) is 0 Å². The lowest BCUT2D eigenvalue weighted by atomic mass is 10.2. The number of aryl methyl sites for hydroxylation is 1. The second-order valence-electron chi connectivity index (χ2n) is 6.35. The molecule has 0 bridgehead atoms. The molecule has 1 aromatic carbocycles. The van der Waals surface area contributed by atoms with Gasteiger partial charge in [-0.2, -0.15) is 13.2 Å². The smallest absolute Gasteiger partial charge is 0.403 e. The Bertz CT molecular complexity index is 1260. The third-order valence-electron chi connectivity index (χ3n) is 4.17. The van der Waals surface area contributed by atoms with E-state index in [1.54, 1.807) is 0 Å². The molecule has 1 N–H and O–H groups in total. The number of benzene rings is 1. The van der Waals surface area contributed by atoms with Crippen molar-refractivity contribution >= 4 is 21.6 Å². The summed E-state index contributed by atoms with van der Waals surface area (Å²) in [5.74, 6) is -2.80. The minimum atomic E-state index is -5.28. The van der Waals surface area contributed by atoms with Crippen LogP contribution in [0.1, 0.15) is 5.56 Å². The van der Waals surface area contributed by atoms with Crippen molar-refractivity contribution in [1.82, 2.24) is 9.13 Å². The van der Waals surface area contributed by atoms with Gasteiger partial charge in [-0.1, -0.05) is 0 Å². The summed E-state index contributed by atoms with van der Waals surface area (Å²) in [6, 6.07) is 1.71. The predicted octanol–water partition coefficient (Wildman–Crippen LogP) is 3.48. The van der Waals surface area contributed by atoms with E-state index >= 15 is 0 Å². The topological polar surface area (TPSA) is 73.5 Å². The number of aliphatic hydroxyl groups excluding tert-OH is 1. The summed E-state index contributed by atoms with van der Waals surface area (Å²) in [5.41, 5.74) is -2.70. The number of thiophene rings is 1. The van der Waals surface area contributed by atoms with Crippen LogP contribution in [0.5, 0.6) is 5.75 Å². The maximum Gasteiger partial charge on any atom is 0.573 e. The molecule has 6 nitrogen and oxygen atoms in total. The van der Waals surface area contributed by atoms with Gasteiger partial charge in [0.05, 0.1) is 17.6 Å². The van der Waals surface area contributed by atoms with E-state index < -0.39 is 53.7 Å². The van der Waals surface area contributed by atoms with Crippen LogP contribution in [0.2, 0.25) is 0 Å². The lowest BCUT2D eigenvalue weighted by Gasteiger charge is -2.18. The Balaban J connectivity index is 2.29. The SMILES string of the molecule is Cc1csc2c1c(=O)n(-c1ccc(F)c(OC(F)(F)F)c1)c(=O)n2CC(O)C(F)(F)F. The van der Waals surface area contributed by atoms with Crippen molar-refractivity contribution in [2.75, 3.05) is 0 Å². The summed E-state index contributed by atoms with van der Waals surface area (Å²) in [5, 5.41) is 10.6. The molecule has 0 saturated carbocycles. The maximum atomic E-state index is 13.7. The number of rotatable bonds is 4. The normalized spacial score (nSPS) is 13.6. The fourth-order valence-electron chi connectivity index (χ4n) is 2.79. The van der Waals surface area contributed by atoms with Crippen LogP contribution in [-0.2, 0) is 6.54 Å². The van der Waals surface area contributed by atoms with E-state index in [9.17, 15) is 45.4 Å². The molecule has 31 heavy (non-hydrogen) atoms. The number of halogens is 7. The zero-order valence-corrected chi connectivity index (χ0v) is 16.0. The summed E-state index contributed by atoms with van der Waals surface area (Å²) < 4.78 is 94.0. The molecular weight excluding hydrogens is 461 g/mol. The zero-order valence-electron chi connectivity index (χ0n) is 15.2. The van der Waals surface area contributed by atoms with Gasteiger partial charge in [0, 0.05) is 6.07 Å². The molecule has 0 amide bonds. The number of fused-ring (bicyclic) bond motifs is 1. The van der Waals surface area contributed by atoms with Crippen LogP contribution < -0.4 is 16.0 Å².